The Kier molecular flexibility index (Phi) is 34.4. The number of piperidine rings is 2. The number of rotatable bonds is 18. The predicted octanol–water partition coefficient (Wildman–Crippen LogP) is -0.377. The molecule has 394 valence electrons. The summed E-state index contributed by atoms with van der Waals surface area (Å²) < 4.78 is 77.5. The Bertz CT molecular complexity index is 2120. The number of hydrogen-bond donors (Lipinski definition) is 0. The van der Waals surface area contributed by atoms with E-state index in [0.717, 1.165) is 93.3 Å². The second kappa shape index (κ2) is 34.8. The first-order valence-electron chi connectivity index (χ1n) is 23.2. The number of alkyl halides is 1. The van der Waals surface area contributed by atoms with Crippen LogP contribution in [0.1, 0.15) is 110 Å². The first kappa shape index (κ1) is 70.2. The molecule has 7 rings (SSSR count). The molecule has 0 unspecified atom stereocenters. The molecule has 0 N–H and O–H groups in total. The molecule has 0 saturated carbocycles. The molecule has 71 heavy (non-hydrogen) atoms. The van der Waals surface area contributed by atoms with Crippen molar-refractivity contribution in [3.8, 4) is 23.0 Å². The van der Waals surface area contributed by atoms with Crippen molar-refractivity contribution in [2.75, 3.05) is 81.1 Å². The van der Waals surface area contributed by atoms with Crippen molar-refractivity contribution in [3.63, 3.8) is 0 Å². The van der Waals surface area contributed by atoms with Crippen molar-refractivity contribution in [2.24, 2.45) is 23.7 Å². The fourth-order valence-electron chi connectivity index (χ4n) is 10.2. The van der Waals surface area contributed by atoms with E-state index >= 15 is 0 Å². The fraction of sp³-hybridized carbons (Fsp3) is 0.635. The molecular formula is C52H81F2K2N2O12S-. The number of benzene rings is 3. The first-order valence-corrected chi connectivity index (χ1v) is 24.6. The van der Waals surface area contributed by atoms with Gasteiger partial charge in [0.05, 0.1) is 65.4 Å². The zero-order valence-corrected chi connectivity index (χ0v) is 49.7. The summed E-state index contributed by atoms with van der Waals surface area (Å²) in [7, 11) is 2.89. The van der Waals surface area contributed by atoms with Crippen LogP contribution in [-0.2, 0) is 46.3 Å². The minimum atomic E-state index is -3.80. The van der Waals surface area contributed by atoms with Gasteiger partial charge in [-0.25, -0.2) is 4.39 Å². The zero-order chi connectivity index (χ0) is 48.0. The molecule has 0 amide bonds. The maximum atomic E-state index is 12.7. The number of carbonyl (C=O) groups is 1. The summed E-state index contributed by atoms with van der Waals surface area (Å²) in [5.74, 6) is 5.10. The third-order valence-corrected chi connectivity index (χ3v) is 14.4. The van der Waals surface area contributed by atoms with Crippen LogP contribution in [0, 0.1) is 30.6 Å². The van der Waals surface area contributed by atoms with Gasteiger partial charge >= 0.3 is 103 Å². The van der Waals surface area contributed by atoms with Crippen LogP contribution in [0.25, 0.3) is 0 Å². The Morgan fingerprint density at radius 3 is 1.46 bits per heavy atom. The molecule has 0 aromatic heterocycles. The summed E-state index contributed by atoms with van der Waals surface area (Å²) in [6, 6.07) is 15.7. The number of carbonyl (C=O) groups excluding carboxylic acids is 1. The number of ether oxygens (including phenoxy) is 6. The molecule has 4 heterocycles. The van der Waals surface area contributed by atoms with E-state index in [1.165, 1.54) is 22.3 Å². The molecule has 0 radical (unpaired) electrons. The van der Waals surface area contributed by atoms with E-state index in [2.05, 4.69) is 66.6 Å². The van der Waals surface area contributed by atoms with Crippen LogP contribution >= 0.6 is 0 Å². The quantitative estimate of drug-likeness (QED) is 0.0407. The second-order valence-electron chi connectivity index (χ2n) is 18.4. The third-order valence-electron chi connectivity index (χ3n) is 13.1. The number of hydrogen-bond acceptors (Lipinski definition) is 14. The van der Waals surface area contributed by atoms with E-state index < -0.39 is 16.8 Å². The second-order valence-corrected chi connectivity index (χ2v) is 20.0. The van der Waals surface area contributed by atoms with Crippen molar-refractivity contribution < 1.29 is 169 Å². The van der Waals surface area contributed by atoms with Crippen LogP contribution in [0.5, 0.6) is 23.0 Å². The molecule has 2 saturated heterocycles. The van der Waals surface area contributed by atoms with Gasteiger partial charge in [-0.3, -0.25) is 18.8 Å². The first-order chi connectivity index (χ1) is 31.7. The SMILES string of the molecule is C.C.COc1cc2c(cc1OC)[C@H]1C[C@@H](OCCOS(=O)(=O)c3ccc(C)cc3)[C@H](CC(C)C)CN1CC2.COc1cc2c(cc1OC)[C@H]1C[C@@H](OCC[18F])[C@H](CC(C)C)CN1CC2.O=CO[O-].[18F-].[H-].[K+].[K+]. The molecule has 0 aliphatic carbocycles. The van der Waals surface area contributed by atoms with Crippen LogP contribution in [0.4, 0.5) is 4.39 Å². The summed E-state index contributed by atoms with van der Waals surface area (Å²) in [5, 5.41) is 8.43. The van der Waals surface area contributed by atoms with Gasteiger partial charge in [0.2, 0.25) is 0 Å². The van der Waals surface area contributed by atoms with E-state index in [9.17, 15) is 12.8 Å². The van der Waals surface area contributed by atoms with Gasteiger partial charge in [-0.1, -0.05) is 60.2 Å². The van der Waals surface area contributed by atoms with Crippen molar-refractivity contribution in [1.29, 1.82) is 0 Å². The molecule has 3 aromatic rings. The normalized spacial score (nSPS) is 21.0. The Labute approximate surface area is 510 Å². The number of methoxy groups -OCH3 is 4. The standard InChI is InChI=1S/C28H39NO6S.C21H32FNO3.CH2O3.2CH4.FH.2K.H/c1-19(2)14-22-18-29-11-10-21-15-27(32-4)28(33-5)16-24(21)25(29)17-26(22)34-12-13-35-36(30,31)23-8-6-20(3)7-9-23;1-14(2)9-16-13-23-7-5-15-10-20(24-3)21(25-4)11-17(15)18(23)12-19(16)26-8-6-22;2-1-4-3;;;;;;/h6-9,15-16,19,22,25-26H,10-14,17-18H2,1-5H3;10-11,14,16,18-19H,5-9,12-13H2,1-4H3;1,3H;2*1H4;1H;;;/q;;;;;;2*+1;-1/p-2/t22-,25-,26-;16-,18-,19-;;;;;;;/m11......./s1/i;22-1;;;;1-1;;;. The minimum Gasteiger partial charge on any atom is -1.00 e. The minimum absolute atomic E-state index is 0. The largest absolute Gasteiger partial charge is 1.00 e. The summed E-state index contributed by atoms with van der Waals surface area (Å²) in [6.45, 7) is 14.8. The molecule has 0 bridgehead atoms. The average molecular weight is 1070 g/mol. The van der Waals surface area contributed by atoms with Crippen molar-refractivity contribution in [2.45, 2.75) is 117 Å². The molecule has 0 spiro atoms. The predicted molar refractivity (Wildman–Crippen MR) is 262 cm³/mol. The maximum absolute atomic E-state index is 12.7. The van der Waals surface area contributed by atoms with Gasteiger partial charge in [-0.2, -0.15) is 8.42 Å². The molecule has 19 heteroatoms. The Hall–Kier alpha value is -0.827. The number of aryl methyl sites for hydroxylation is 1. The van der Waals surface area contributed by atoms with Crippen LogP contribution in [0.15, 0.2) is 53.4 Å². The van der Waals surface area contributed by atoms with E-state index in [-0.39, 0.29) is 173 Å². The number of halogens is 2. The fourth-order valence-corrected chi connectivity index (χ4v) is 11.1. The molecule has 3 aromatic carbocycles. The summed E-state index contributed by atoms with van der Waals surface area (Å²) in [4.78, 5) is 16.6. The van der Waals surface area contributed by atoms with Gasteiger partial charge in [-0.15, -0.1) is 0 Å². The van der Waals surface area contributed by atoms with Gasteiger partial charge in [0.25, 0.3) is 16.6 Å². The van der Waals surface area contributed by atoms with Crippen molar-refractivity contribution in [1.82, 2.24) is 9.80 Å². The van der Waals surface area contributed by atoms with Gasteiger partial charge in [0, 0.05) is 38.3 Å². The number of fused-ring (bicyclic) bond motifs is 6. The molecular weight excluding hydrogens is 991 g/mol. The molecule has 4 aliphatic heterocycles. The molecule has 14 nitrogen and oxygen atoms in total. The summed E-state index contributed by atoms with van der Waals surface area (Å²) >= 11 is 0. The molecule has 6 atom stereocenters. The van der Waals surface area contributed by atoms with Crippen LogP contribution in [0.3, 0.4) is 0 Å². The Morgan fingerprint density at radius 1 is 0.704 bits per heavy atom. The zero-order valence-electron chi connectivity index (χ0n) is 43.7. The van der Waals surface area contributed by atoms with Crippen molar-refractivity contribution in [3.05, 3.63) is 76.3 Å². The maximum Gasteiger partial charge on any atom is 1.00 e. The number of nitrogens with zero attached hydrogens (tertiary/aromatic N) is 2. The Morgan fingerprint density at radius 2 is 1.10 bits per heavy atom. The molecule has 4 aliphatic rings. The van der Waals surface area contributed by atoms with Gasteiger partial charge in [0.1, 0.15) is 6.67 Å². The van der Waals surface area contributed by atoms with Gasteiger partial charge in [-0.05, 0) is 128 Å². The summed E-state index contributed by atoms with van der Waals surface area (Å²) in [5.41, 5.74) is 6.21. The van der Waals surface area contributed by atoms with Gasteiger partial charge in [0.15, 0.2) is 23.0 Å². The van der Waals surface area contributed by atoms with E-state index in [1.54, 1.807) is 52.7 Å². The van der Waals surface area contributed by atoms with Crippen LogP contribution in [0.2, 0.25) is 0 Å². The van der Waals surface area contributed by atoms with Gasteiger partial charge < -0.3 is 44.7 Å². The topological polar surface area (TPSA) is 155 Å². The monoisotopic (exact) mass is 1070 g/mol. The summed E-state index contributed by atoms with van der Waals surface area (Å²) in [6.07, 6.45) is 6.11. The van der Waals surface area contributed by atoms with E-state index in [1.807, 2.05) is 6.92 Å². The van der Waals surface area contributed by atoms with Crippen molar-refractivity contribution >= 4 is 16.6 Å². The molecule has 2 fully saturated rings. The average Bonchev–Trinajstić information content (AvgIpc) is 3.31. The van der Waals surface area contributed by atoms with E-state index in [4.69, 9.17) is 42.7 Å². The smallest absolute Gasteiger partial charge is 1.00 e. The third kappa shape index (κ3) is 19.6. The van der Waals surface area contributed by atoms with Crippen LogP contribution in [-0.4, -0.2) is 118 Å². The Balaban J connectivity index is 0. The van der Waals surface area contributed by atoms with Crippen LogP contribution < -0.4 is 132 Å². The van der Waals surface area contributed by atoms with E-state index in [0.29, 0.717) is 29.7 Å².